The van der Waals surface area contributed by atoms with Gasteiger partial charge in [-0.2, -0.15) is 0 Å². The van der Waals surface area contributed by atoms with Crippen LogP contribution in [-0.2, 0) is 38.1 Å². The van der Waals surface area contributed by atoms with E-state index in [4.69, 9.17) is 18.9 Å². The smallest absolute Gasteiger partial charge is 0.311 e. The fourth-order valence-electron chi connectivity index (χ4n) is 6.36. The molecule has 0 atom stereocenters. The second-order valence-corrected chi connectivity index (χ2v) is 8.47. The Kier molecular flexibility index (Phi) is 4.51. The Hall–Kier alpha value is -2.12. The minimum absolute atomic E-state index is 0.191. The zero-order valence-corrected chi connectivity index (χ0v) is 16.2. The van der Waals surface area contributed by atoms with Crippen molar-refractivity contribution in [3.8, 4) is 0 Å². The van der Waals surface area contributed by atoms with Crippen LogP contribution in [0, 0.1) is 21.7 Å². The van der Waals surface area contributed by atoms with Crippen LogP contribution < -0.4 is 0 Å². The molecule has 0 unspecified atom stereocenters. The van der Waals surface area contributed by atoms with E-state index >= 15 is 0 Å². The largest absolute Gasteiger partial charge is 0.469 e. The van der Waals surface area contributed by atoms with E-state index in [9.17, 15) is 19.2 Å². The standard InChI is InChI=1S/C19H26O8/c1-24-12(20)16-5-6-17(13(21)25-2)9-18(7-16,14(22)26-3)11-19(8-16,10-17)15(23)27-4/h5-11H2,1-4H3. The fourth-order valence-corrected chi connectivity index (χ4v) is 6.36. The summed E-state index contributed by atoms with van der Waals surface area (Å²) in [5.41, 5.74) is -4.36. The first-order valence-electron chi connectivity index (χ1n) is 9.01. The van der Waals surface area contributed by atoms with Crippen LogP contribution in [0.1, 0.15) is 44.9 Å². The van der Waals surface area contributed by atoms with Crippen molar-refractivity contribution in [1.29, 1.82) is 0 Å². The summed E-state index contributed by atoms with van der Waals surface area (Å²) in [7, 11) is 5.14. The Morgan fingerprint density at radius 1 is 0.481 bits per heavy atom. The number of ether oxygens (including phenoxy) is 4. The average Bonchev–Trinajstić information content (AvgIpc) is 2.86. The number of carbonyl (C=O) groups is 4. The molecule has 8 nitrogen and oxygen atoms in total. The van der Waals surface area contributed by atoms with E-state index in [-0.39, 0.29) is 32.1 Å². The van der Waals surface area contributed by atoms with Crippen LogP contribution in [0.15, 0.2) is 0 Å². The highest BCUT2D eigenvalue weighted by Crippen LogP contribution is 2.71. The molecule has 0 aromatic carbocycles. The van der Waals surface area contributed by atoms with Crippen molar-refractivity contribution >= 4 is 23.9 Å². The molecule has 0 N–H and O–H groups in total. The molecule has 0 saturated heterocycles. The molecule has 8 heteroatoms. The van der Waals surface area contributed by atoms with Gasteiger partial charge in [0.15, 0.2) is 0 Å². The Balaban J connectivity index is 2.26. The van der Waals surface area contributed by atoms with Gasteiger partial charge in [-0.05, 0) is 44.9 Å². The zero-order valence-electron chi connectivity index (χ0n) is 16.2. The summed E-state index contributed by atoms with van der Waals surface area (Å²) < 4.78 is 20.3. The zero-order chi connectivity index (χ0) is 20.1. The second kappa shape index (κ2) is 6.21. The van der Waals surface area contributed by atoms with Crippen molar-refractivity contribution < 1.29 is 38.1 Å². The van der Waals surface area contributed by atoms with Gasteiger partial charge >= 0.3 is 23.9 Å². The summed E-state index contributed by atoms with van der Waals surface area (Å²) in [4.78, 5) is 51.4. The van der Waals surface area contributed by atoms with Gasteiger partial charge in [0.2, 0.25) is 0 Å². The fraction of sp³-hybridized carbons (Fsp3) is 0.789. The third-order valence-electron chi connectivity index (χ3n) is 6.94. The van der Waals surface area contributed by atoms with Gasteiger partial charge in [-0.25, -0.2) is 0 Å². The van der Waals surface area contributed by atoms with Gasteiger partial charge in [0.05, 0.1) is 50.1 Å². The third kappa shape index (κ3) is 2.56. The predicted octanol–water partition coefficient (Wildman–Crippen LogP) is 1.40. The van der Waals surface area contributed by atoms with Crippen LogP contribution in [-0.4, -0.2) is 52.3 Å². The van der Waals surface area contributed by atoms with E-state index in [2.05, 4.69) is 0 Å². The summed E-state index contributed by atoms with van der Waals surface area (Å²) in [5.74, 6) is -1.96. The Morgan fingerprint density at radius 3 is 0.963 bits per heavy atom. The van der Waals surface area contributed by atoms with Crippen LogP contribution in [0.4, 0.5) is 0 Å². The molecule has 0 aromatic heterocycles. The van der Waals surface area contributed by atoms with Gasteiger partial charge < -0.3 is 18.9 Å². The molecule has 0 aliphatic heterocycles. The quantitative estimate of drug-likeness (QED) is 0.531. The maximum absolute atomic E-state index is 12.9. The van der Waals surface area contributed by atoms with Crippen molar-refractivity contribution in [2.45, 2.75) is 44.9 Å². The Bertz CT molecular complexity index is 624. The lowest BCUT2D eigenvalue weighted by molar-refractivity contribution is -0.197. The highest BCUT2D eigenvalue weighted by atomic mass is 16.5. The monoisotopic (exact) mass is 382 g/mol. The molecule has 4 saturated carbocycles. The highest BCUT2D eigenvalue weighted by molar-refractivity contribution is 5.90. The van der Waals surface area contributed by atoms with Gasteiger partial charge in [0.25, 0.3) is 0 Å². The van der Waals surface area contributed by atoms with Crippen molar-refractivity contribution in [2.24, 2.45) is 21.7 Å². The van der Waals surface area contributed by atoms with Crippen LogP contribution >= 0.6 is 0 Å². The first-order valence-corrected chi connectivity index (χ1v) is 9.01. The maximum Gasteiger partial charge on any atom is 0.311 e. The van der Waals surface area contributed by atoms with Crippen molar-refractivity contribution in [3.63, 3.8) is 0 Å². The van der Waals surface area contributed by atoms with E-state index in [0.717, 1.165) is 0 Å². The number of hydrogen-bond acceptors (Lipinski definition) is 8. The number of fused-ring (bicyclic) bond motifs is 1. The first kappa shape index (κ1) is 19.6. The van der Waals surface area contributed by atoms with Crippen LogP contribution in [0.25, 0.3) is 0 Å². The highest BCUT2D eigenvalue weighted by Gasteiger charge is 2.73. The Morgan fingerprint density at radius 2 is 0.704 bits per heavy atom. The van der Waals surface area contributed by atoms with Crippen molar-refractivity contribution in [2.75, 3.05) is 28.4 Å². The predicted molar refractivity (Wildman–Crippen MR) is 90.1 cm³/mol. The molecule has 27 heavy (non-hydrogen) atoms. The van der Waals surface area contributed by atoms with Crippen LogP contribution in [0.3, 0.4) is 0 Å². The molecule has 4 bridgehead atoms. The summed E-state index contributed by atoms with van der Waals surface area (Å²) in [6.07, 6.45) is 1.64. The Labute approximate surface area is 157 Å². The van der Waals surface area contributed by atoms with Gasteiger partial charge in [-0.1, -0.05) is 0 Å². The van der Waals surface area contributed by atoms with Gasteiger partial charge in [-0.3, -0.25) is 19.2 Å². The molecule has 150 valence electrons. The molecule has 0 amide bonds. The lowest BCUT2D eigenvalue weighted by Gasteiger charge is -2.56. The van der Waals surface area contributed by atoms with E-state index in [0.29, 0.717) is 12.8 Å². The lowest BCUT2D eigenvalue weighted by Crippen LogP contribution is -2.60. The summed E-state index contributed by atoms with van der Waals surface area (Å²) in [6, 6.07) is 0. The maximum atomic E-state index is 12.9. The van der Waals surface area contributed by atoms with E-state index in [1.165, 1.54) is 28.4 Å². The molecule has 0 aromatic rings. The van der Waals surface area contributed by atoms with E-state index in [1.54, 1.807) is 0 Å². The summed E-state index contributed by atoms with van der Waals surface area (Å²) in [6.45, 7) is 0. The lowest BCUT2D eigenvalue weighted by atomic mass is 9.45. The molecular weight excluding hydrogens is 356 g/mol. The number of hydrogen-bond donors (Lipinski definition) is 0. The average molecular weight is 382 g/mol. The van der Waals surface area contributed by atoms with Crippen molar-refractivity contribution in [3.05, 3.63) is 0 Å². The van der Waals surface area contributed by atoms with Crippen LogP contribution in [0.2, 0.25) is 0 Å². The number of methoxy groups -OCH3 is 4. The van der Waals surface area contributed by atoms with E-state index in [1.807, 2.05) is 0 Å². The molecule has 4 aliphatic rings. The molecule has 0 radical (unpaired) electrons. The third-order valence-corrected chi connectivity index (χ3v) is 6.94. The molecule has 0 spiro atoms. The van der Waals surface area contributed by atoms with Gasteiger partial charge in [-0.15, -0.1) is 0 Å². The summed E-state index contributed by atoms with van der Waals surface area (Å²) in [5, 5.41) is 0. The van der Waals surface area contributed by atoms with Gasteiger partial charge in [0, 0.05) is 0 Å². The van der Waals surface area contributed by atoms with Gasteiger partial charge in [0.1, 0.15) is 0 Å². The summed E-state index contributed by atoms with van der Waals surface area (Å²) >= 11 is 0. The minimum atomic E-state index is -1.14. The number of carbonyl (C=O) groups excluding carboxylic acids is 4. The number of rotatable bonds is 4. The normalized spacial score (nSPS) is 39.3. The van der Waals surface area contributed by atoms with Crippen LogP contribution in [0.5, 0.6) is 0 Å². The SMILES string of the molecule is COC(=O)C12CCC3(C(=O)OC)CC(C(=O)OC)(C1)CC(C(=O)OC)(C2)C3. The molecule has 4 fully saturated rings. The van der Waals surface area contributed by atoms with E-state index < -0.39 is 45.5 Å². The molecule has 4 rings (SSSR count). The van der Waals surface area contributed by atoms with Crippen molar-refractivity contribution in [1.82, 2.24) is 0 Å². The molecule has 4 aliphatic carbocycles. The topological polar surface area (TPSA) is 105 Å². The first-order chi connectivity index (χ1) is 12.7. The minimum Gasteiger partial charge on any atom is -0.469 e. The molecular formula is C19H26O8. The molecule has 0 heterocycles. The second-order valence-electron chi connectivity index (χ2n) is 8.47. The number of esters is 4.